The quantitative estimate of drug-likeness (QED) is 0.823. The first kappa shape index (κ1) is 12.6. The van der Waals surface area contributed by atoms with Gasteiger partial charge in [0.05, 0.1) is 17.0 Å². The largest absolute Gasteiger partial charge is 0.294 e. The van der Waals surface area contributed by atoms with Crippen LogP contribution in [-0.4, -0.2) is 21.0 Å². The van der Waals surface area contributed by atoms with Crippen LogP contribution in [0.2, 0.25) is 0 Å². The van der Waals surface area contributed by atoms with Crippen LogP contribution in [0.1, 0.15) is 55.0 Å². The number of Topliss-reactive ketones (excluding diaryl/α,β-unsaturated/α-hetero) is 1. The molecule has 1 aromatic rings. The number of nitrogens with zero attached hydrogens (tertiary/aromatic N) is 2. The third kappa shape index (κ3) is 3.06. The van der Waals surface area contributed by atoms with Gasteiger partial charge in [-0.3, -0.25) is 4.79 Å². The van der Waals surface area contributed by atoms with E-state index < -0.39 is 0 Å². The fraction of sp³-hybridized carbons (Fsp3) is 0.615. The van der Waals surface area contributed by atoms with Crippen LogP contribution in [0.15, 0.2) is 6.20 Å². The fourth-order valence-corrected chi connectivity index (χ4v) is 2.65. The van der Waals surface area contributed by atoms with Crippen molar-refractivity contribution >= 4 is 17.5 Å². The molecule has 2 rings (SSSR count). The van der Waals surface area contributed by atoms with E-state index in [0.717, 1.165) is 42.1 Å². The lowest BCUT2D eigenvalue weighted by atomic mass is 9.96. The van der Waals surface area contributed by atoms with Gasteiger partial charge in [-0.2, -0.15) is 11.8 Å². The van der Waals surface area contributed by atoms with Crippen LogP contribution >= 0.6 is 11.8 Å². The molecule has 0 aromatic carbocycles. The third-order valence-electron chi connectivity index (χ3n) is 3.11. The lowest BCUT2D eigenvalue weighted by Gasteiger charge is -2.14. The van der Waals surface area contributed by atoms with Crippen molar-refractivity contribution in [3.63, 3.8) is 0 Å². The van der Waals surface area contributed by atoms with E-state index in [-0.39, 0.29) is 5.78 Å². The fourth-order valence-electron chi connectivity index (χ4n) is 1.84. The van der Waals surface area contributed by atoms with Crippen molar-refractivity contribution in [3.8, 4) is 0 Å². The minimum absolute atomic E-state index is 0.201. The topological polar surface area (TPSA) is 42.9 Å². The molecule has 4 heteroatoms. The zero-order valence-electron chi connectivity index (χ0n) is 10.4. The number of carbonyl (C=O) groups is 1. The van der Waals surface area contributed by atoms with E-state index in [1.807, 2.05) is 11.8 Å². The second-order valence-corrected chi connectivity index (χ2v) is 5.88. The molecule has 92 valence electrons. The Bertz CT molecular complexity index is 420. The molecule has 1 aliphatic carbocycles. The monoisotopic (exact) mass is 250 g/mol. The number of hydrogen-bond acceptors (Lipinski definition) is 4. The van der Waals surface area contributed by atoms with Crippen LogP contribution in [0.25, 0.3) is 0 Å². The minimum atomic E-state index is 0.201. The van der Waals surface area contributed by atoms with Crippen LogP contribution in [0.4, 0.5) is 0 Å². The molecule has 1 atom stereocenters. The molecule has 17 heavy (non-hydrogen) atoms. The highest BCUT2D eigenvalue weighted by atomic mass is 32.2. The number of hydrogen-bond donors (Lipinski definition) is 0. The summed E-state index contributed by atoms with van der Waals surface area (Å²) in [7, 11) is 0. The zero-order chi connectivity index (χ0) is 12.3. The molecule has 1 unspecified atom stereocenters. The number of ketones is 1. The van der Waals surface area contributed by atoms with Gasteiger partial charge in [0.1, 0.15) is 5.82 Å². The summed E-state index contributed by atoms with van der Waals surface area (Å²) in [5.74, 6) is 1.91. The second-order valence-electron chi connectivity index (χ2n) is 4.45. The Morgan fingerprint density at radius 2 is 2.29 bits per heavy atom. The summed E-state index contributed by atoms with van der Waals surface area (Å²) in [6.07, 6.45) is 5.38. The number of fused-ring (bicyclic) bond motifs is 1. The highest BCUT2D eigenvalue weighted by molar-refractivity contribution is 7.99. The van der Waals surface area contributed by atoms with Gasteiger partial charge in [0.2, 0.25) is 0 Å². The maximum absolute atomic E-state index is 11.6. The van der Waals surface area contributed by atoms with E-state index in [2.05, 4.69) is 23.8 Å². The molecule has 0 amide bonds. The normalized spacial score (nSPS) is 16.7. The van der Waals surface area contributed by atoms with Crippen LogP contribution < -0.4 is 0 Å². The van der Waals surface area contributed by atoms with Crippen LogP contribution in [-0.2, 0) is 12.2 Å². The van der Waals surface area contributed by atoms with Crippen LogP contribution in [0, 0.1) is 0 Å². The molecule has 1 heterocycles. The lowest BCUT2D eigenvalue weighted by molar-refractivity contribution is 0.0971. The van der Waals surface area contributed by atoms with Gasteiger partial charge in [0.25, 0.3) is 0 Å². The Morgan fingerprint density at radius 3 is 3.06 bits per heavy atom. The van der Waals surface area contributed by atoms with E-state index in [4.69, 9.17) is 0 Å². The minimum Gasteiger partial charge on any atom is -0.294 e. The summed E-state index contributed by atoms with van der Waals surface area (Å²) in [5, 5.41) is 0.635. The smallest absolute Gasteiger partial charge is 0.166 e. The van der Waals surface area contributed by atoms with Gasteiger partial charge in [-0.1, -0.05) is 13.8 Å². The second kappa shape index (κ2) is 5.63. The van der Waals surface area contributed by atoms with Gasteiger partial charge in [0.15, 0.2) is 5.78 Å². The van der Waals surface area contributed by atoms with E-state index in [1.165, 1.54) is 0 Å². The molecule has 0 radical (unpaired) electrons. The first-order valence-electron chi connectivity index (χ1n) is 6.20. The number of rotatable bonds is 4. The van der Waals surface area contributed by atoms with Gasteiger partial charge < -0.3 is 0 Å². The average Bonchev–Trinajstić information content (AvgIpc) is 2.36. The SMILES string of the molecule is CCC(C)SCc1ncc2c(n1)CCCC2=O. The highest BCUT2D eigenvalue weighted by Crippen LogP contribution is 2.21. The van der Waals surface area contributed by atoms with E-state index in [0.29, 0.717) is 11.7 Å². The molecule has 0 saturated heterocycles. The average molecular weight is 250 g/mol. The van der Waals surface area contributed by atoms with Crippen molar-refractivity contribution in [2.24, 2.45) is 0 Å². The highest BCUT2D eigenvalue weighted by Gasteiger charge is 2.19. The predicted octanol–water partition coefficient (Wildman–Crippen LogP) is 3.03. The van der Waals surface area contributed by atoms with Crippen LogP contribution in [0.3, 0.4) is 0 Å². The lowest BCUT2D eigenvalue weighted by Crippen LogP contribution is -2.14. The zero-order valence-corrected chi connectivity index (χ0v) is 11.2. The molecule has 3 nitrogen and oxygen atoms in total. The number of carbonyl (C=O) groups excluding carboxylic acids is 1. The number of aryl methyl sites for hydroxylation is 1. The molecule has 0 fully saturated rings. The van der Waals surface area contributed by atoms with Gasteiger partial charge in [-0.15, -0.1) is 0 Å². The van der Waals surface area contributed by atoms with Gasteiger partial charge >= 0.3 is 0 Å². The van der Waals surface area contributed by atoms with Gasteiger partial charge in [0, 0.05) is 17.9 Å². The molecule has 1 aliphatic rings. The summed E-state index contributed by atoms with van der Waals surface area (Å²) in [6.45, 7) is 4.40. The Labute approximate surface area is 106 Å². The maximum Gasteiger partial charge on any atom is 0.166 e. The summed E-state index contributed by atoms with van der Waals surface area (Å²) < 4.78 is 0. The van der Waals surface area contributed by atoms with E-state index in [1.54, 1.807) is 6.20 Å². The predicted molar refractivity (Wildman–Crippen MR) is 70.3 cm³/mol. The molecular formula is C13H18N2OS. The van der Waals surface area contributed by atoms with Gasteiger partial charge in [-0.25, -0.2) is 9.97 Å². The first-order chi connectivity index (χ1) is 8.20. The van der Waals surface area contributed by atoms with E-state index >= 15 is 0 Å². The van der Waals surface area contributed by atoms with Crippen molar-refractivity contribution in [1.82, 2.24) is 9.97 Å². The Balaban J connectivity index is 2.08. The molecular weight excluding hydrogens is 232 g/mol. The molecule has 0 spiro atoms. The summed E-state index contributed by atoms with van der Waals surface area (Å²) in [6, 6.07) is 0. The molecule has 0 saturated carbocycles. The third-order valence-corrected chi connectivity index (χ3v) is 4.43. The molecule has 0 aliphatic heterocycles. The maximum atomic E-state index is 11.6. The summed E-state index contributed by atoms with van der Waals surface area (Å²) in [4.78, 5) is 20.4. The first-order valence-corrected chi connectivity index (χ1v) is 7.25. The molecule has 0 bridgehead atoms. The van der Waals surface area contributed by atoms with Crippen molar-refractivity contribution in [3.05, 3.63) is 23.3 Å². The van der Waals surface area contributed by atoms with Crippen molar-refractivity contribution in [1.29, 1.82) is 0 Å². The molecule has 1 aromatic heterocycles. The number of aromatic nitrogens is 2. The molecule has 0 N–H and O–H groups in total. The summed E-state index contributed by atoms with van der Waals surface area (Å²) in [5.41, 5.74) is 1.70. The number of thioether (sulfide) groups is 1. The summed E-state index contributed by atoms with van der Waals surface area (Å²) >= 11 is 1.87. The Kier molecular flexibility index (Phi) is 4.15. The van der Waals surface area contributed by atoms with Crippen molar-refractivity contribution < 1.29 is 4.79 Å². The van der Waals surface area contributed by atoms with Crippen molar-refractivity contribution in [2.75, 3.05) is 0 Å². The van der Waals surface area contributed by atoms with E-state index in [9.17, 15) is 4.79 Å². The Hall–Kier alpha value is -0.900. The van der Waals surface area contributed by atoms with Crippen molar-refractivity contribution in [2.45, 2.75) is 50.5 Å². The van der Waals surface area contributed by atoms with Crippen LogP contribution in [0.5, 0.6) is 0 Å². The standard InChI is InChI=1S/C13H18N2OS/c1-3-9(2)17-8-13-14-7-10-11(15-13)5-4-6-12(10)16/h7,9H,3-6,8H2,1-2H3. The Morgan fingerprint density at radius 1 is 1.47 bits per heavy atom. The van der Waals surface area contributed by atoms with Gasteiger partial charge in [-0.05, 0) is 19.3 Å².